The molecule has 0 unspecified atom stereocenters. The lowest BCUT2D eigenvalue weighted by Crippen LogP contribution is -2.44. The van der Waals surface area contributed by atoms with E-state index in [0.717, 1.165) is 18.4 Å². The van der Waals surface area contributed by atoms with E-state index >= 15 is 0 Å². The smallest absolute Gasteiger partial charge is 0.239 e. The van der Waals surface area contributed by atoms with Crippen molar-refractivity contribution in [3.8, 4) is 0 Å². The highest BCUT2D eigenvalue weighted by Gasteiger charge is 2.16. The summed E-state index contributed by atoms with van der Waals surface area (Å²) in [6, 6.07) is 9.26. The quantitative estimate of drug-likeness (QED) is 0.749. The second-order valence-corrected chi connectivity index (χ2v) is 4.65. The van der Waals surface area contributed by atoms with E-state index < -0.39 is 11.9 Å². The molecule has 4 nitrogen and oxygen atoms in total. The second-order valence-electron chi connectivity index (χ2n) is 4.65. The SMILES string of the molecule is CCCC[C@@H](NC(=O)CCc1ccccc1)C(N)=O. The highest BCUT2D eigenvalue weighted by Crippen LogP contribution is 2.04. The van der Waals surface area contributed by atoms with E-state index in [1.165, 1.54) is 0 Å². The Labute approximate surface area is 114 Å². The fraction of sp³-hybridized carbons (Fsp3) is 0.467. The number of nitrogens with one attached hydrogen (secondary N) is 1. The molecule has 0 radical (unpaired) electrons. The van der Waals surface area contributed by atoms with Crippen molar-refractivity contribution >= 4 is 11.8 Å². The minimum absolute atomic E-state index is 0.122. The predicted octanol–water partition coefficient (Wildman–Crippen LogP) is 1.78. The van der Waals surface area contributed by atoms with Crippen LogP contribution in [-0.2, 0) is 16.0 Å². The van der Waals surface area contributed by atoms with Gasteiger partial charge in [0.25, 0.3) is 0 Å². The summed E-state index contributed by atoms with van der Waals surface area (Å²) in [4.78, 5) is 23.0. The van der Waals surface area contributed by atoms with Gasteiger partial charge in [0.15, 0.2) is 0 Å². The van der Waals surface area contributed by atoms with Crippen LogP contribution in [0, 0.1) is 0 Å². The molecule has 3 N–H and O–H groups in total. The van der Waals surface area contributed by atoms with Gasteiger partial charge in [-0.15, -0.1) is 0 Å². The van der Waals surface area contributed by atoms with Crippen molar-refractivity contribution in [2.75, 3.05) is 0 Å². The standard InChI is InChI=1S/C15H22N2O2/c1-2-3-9-13(15(16)19)17-14(18)11-10-12-7-5-4-6-8-12/h4-8,13H,2-3,9-11H2,1H3,(H2,16,19)(H,17,18)/t13-/m1/s1. The van der Waals surface area contributed by atoms with E-state index in [-0.39, 0.29) is 5.91 Å². The van der Waals surface area contributed by atoms with E-state index in [1.807, 2.05) is 37.3 Å². The number of hydrogen-bond donors (Lipinski definition) is 2. The van der Waals surface area contributed by atoms with Crippen molar-refractivity contribution in [2.24, 2.45) is 5.73 Å². The minimum Gasteiger partial charge on any atom is -0.368 e. The molecule has 0 aliphatic carbocycles. The highest BCUT2D eigenvalue weighted by molar-refractivity contribution is 5.86. The monoisotopic (exact) mass is 262 g/mol. The molecular weight excluding hydrogens is 240 g/mol. The molecule has 19 heavy (non-hydrogen) atoms. The van der Waals surface area contributed by atoms with Crippen LogP contribution >= 0.6 is 0 Å². The molecule has 0 aromatic heterocycles. The van der Waals surface area contributed by atoms with Crippen LogP contribution in [0.3, 0.4) is 0 Å². The number of unbranched alkanes of at least 4 members (excludes halogenated alkanes) is 1. The fourth-order valence-corrected chi connectivity index (χ4v) is 1.86. The molecule has 104 valence electrons. The lowest BCUT2D eigenvalue weighted by atomic mass is 10.1. The molecule has 1 aromatic carbocycles. The highest BCUT2D eigenvalue weighted by atomic mass is 16.2. The average molecular weight is 262 g/mol. The number of hydrogen-bond acceptors (Lipinski definition) is 2. The molecule has 2 amide bonds. The summed E-state index contributed by atoms with van der Waals surface area (Å²) in [5.74, 6) is -0.578. The molecule has 0 fully saturated rings. The van der Waals surface area contributed by atoms with Crippen LogP contribution in [0.4, 0.5) is 0 Å². The van der Waals surface area contributed by atoms with E-state index in [9.17, 15) is 9.59 Å². The maximum Gasteiger partial charge on any atom is 0.239 e. The van der Waals surface area contributed by atoms with Gasteiger partial charge in [0, 0.05) is 6.42 Å². The van der Waals surface area contributed by atoms with Crippen molar-refractivity contribution in [2.45, 2.75) is 45.1 Å². The number of primary amides is 1. The first-order valence-corrected chi connectivity index (χ1v) is 6.76. The first kappa shape index (κ1) is 15.2. The number of aryl methyl sites for hydroxylation is 1. The van der Waals surface area contributed by atoms with Crippen molar-refractivity contribution in [3.05, 3.63) is 35.9 Å². The van der Waals surface area contributed by atoms with Crippen LogP contribution in [0.2, 0.25) is 0 Å². The number of benzene rings is 1. The summed E-state index contributed by atoms with van der Waals surface area (Å²) in [5.41, 5.74) is 6.39. The Balaban J connectivity index is 2.38. The second kappa shape index (κ2) is 8.29. The third-order valence-electron chi connectivity index (χ3n) is 3.01. The summed E-state index contributed by atoms with van der Waals surface area (Å²) in [5, 5.41) is 2.71. The lowest BCUT2D eigenvalue weighted by Gasteiger charge is -2.15. The molecule has 0 aliphatic heterocycles. The fourth-order valence-electron chi connectivity index (χ4n) is 1.86. The molecule has 1 aromatic rings. The van der Waals surface area contributed by atoms with Crippen LogP contribution in [0.5, 0.6) is 0 Å². The van der Waals surface area contributed by atoms with E-state index in [0.29, 0.717) is 19.3 Å². The molecule has 0 saturated heterocycles. The summed E-state index contributed by atoms with van der Waals surface area (Å²) in [6.45, 7) is 2.04. The van der Waals surface area contributed by atoms with Gasteiger partial charge in [-0.25, -0.2) is 0 Å². The molecule has 0 spiro atoms. The van der Waals surface area contributed by atoms with Gasteiger partial charge in [0.1, 0.15) is 6.04 Å². The minimum atomic E-state index is -0.539. The molecule has 0 heterocycles. The number of amides is 2. The molecular formula is C15H22N2O2. The molecule has 1 atom stereocenters. The average Bonchev–Trinajstić information content (AvgIpc) is 2.42. The topological polar surface area (TPSA) is 72.2 Å². The van der Waals surface area contributed by atoms with Crippen molar-refractivity contribution < 1.29 is 9.59 Å². The first-order chi connectivity index (χ1) is 9.13. The largest absolute Gasteiger partial charge is 0.368 e. The Bertz CT molecular complexity index is 404. The normalized spacial score (nSPS) is 11.8. The van der Waals surface area contributed by atoms with Crippen molar-refractivity contribution in [3.63, 3.8) is 0 Å². The zero-order valence-corrected chi connectivity index (χ0v) is 11.4. The van der Waals surface area contributed by atoms with Gasteiger partial charge in [-0.3, -0.25) is 9.59 Å². The van der Waals surface area contributed by atoms with Gasteiger partial charge in [-0.1, -0.05) is 50.1 Å². The van der Waals surface area contributed by atoms with E-state index in [1.54, 1.807) is 0 Å². The first-order valence-electron chi connectivity index (χ1n) is 6.76. The van der Waals surface area contributed by atoms with Gasteiger partial charge in [0.05, 0.1) is 0 Å². The van der Waals surface area contributed by atoms with Gasteiger partial charge in [-0.2, -0.15) is 0 Å². The molecule has 0 aliphatic rings. The molecule has 0 saturated carbocycles. The van der Waals surface area contributed by atoms with E-state index in [2.05, 4.69) is 5.32 Å². The van der Waals surface area contributed by atoms with Crippen LogP contribution in [0.15, 0.2) is 30.3 Å². The number of carbonyl (C=O) groups is 2. The van der Waals surface area contributed by atoms with Gasteiger partial charge in [-0.05, 0) is 18.4 Å². The maximum absolute atomic E-state index is 11.8. The Morgan fingerprint density at radius 2 is 1.95 bits per heavy atom. The van der Waals surface area contributed by atoms with Gasteiger partial charge < -0.3 is 11.1 Å². The summed E-state index contributed by atoms with van der Waals surface area (Å²) in [6.07, 6.45) is 3.52. The molecule has 4 heteroatoms. The summed E-state index contributed by atoms with van der Waals surface area (Å²) in [7, 11) is 0. The Morgan fingerprint density at radius 3 is 2.53 bits per heavy atom. The molecule has 1 rings (SSSR count). The summed E-state index contributed by atoms with van der Waals surface area (Å²) < 4.78 is 0. The van der Waals surface area contributed by atoms with Crippen molar-refractivity contribution in [1.82, 2.24) is 5.32 Å². The number of rotatable bonds is 8. The number of nitrogens with two attached hydrogens (primary N) is 1. The van der Waals surface area contributed by atoms with Gasteiger partial charge >= 0.3 is 0 Å². The molecule has 0 bridgehead atoms. The Kier molecular flexibility index (Phi) is 6.64. The van der Waals surface area contributed by atoms with E-state index in [4.69, 9.17) is 5.73 Å². The third kappa shape index (κ3) is 6.04. The third-order valence-corrected chi connectivity index (χ3v) is 3.01. The van der Waals surface area contributed by atoms with Crippen molar-refractivity contribution in [1.29, 1.82) is 0 Å². The zero-order valence-electron chi connectivity index (χ0n) is 11.4. The Hall–Kier alpha value is -1.84. The van der Waals surface area contributed by atoms with Crippen LogP contribution in [0.25, 0.3) is 0 Å². The maximum atomic E-state index is 11.8. The Morgan fingerprint density at radius 1 is 1.26 bits per heavy atom. The number of carbonyl (C=O) groups excluding carboxylic acids is 2. The predicted molar refractivity (Wildman–Crippen MR) is 75.4 cm³/mol. The van der Waals surface area contributed by atoms with Crippen LogP contribution in [0.1, 0.15) is 38.2 Å². The van der Waals surface area contributed by atoms with Crippen LogP contribution in [-0.4, -0.2) is 17.9 Å². The summed E-state index contributed by atoms with van der Waals surface area (Å²) >= 11 is 0. The van der Waals surface area contributed by atoms with Crippen LogP contribution < -0.4 is 11.1 Å². The lowest BCUT2D eigenvalue weighted by molar-refractivity contribution is -0.127. The van der Waals surface area contributed by atoms with Gasteiger partial charge in [0.2, 0.25) is 11.8 Å². The zero-order chi connectivity index (χ0) is 14.1.